The topological polar surface area (TPSA) is 89.3 Å². The van der Waals surface area contributed by atoms with Gasteiger partial charge in [-0.05, 0) is 24.3 Å². The van der Waals surface area contributed by atoms with Crippen LogP contribution >= 0.6 is 15.9 Å². The summed E-state index contributed by atoms with van der Waals surface area (Å²) in [4.78, 5) is 11.9. The Labute approximate surface area is 113 Å². The van der Waals surface area contributed by atoms with Gasteiger partial charge in [-0.2, -0.15) is 0 Å². The molecule has 5 nitrogen and oxygen atoms in total. The van der Waals surface area contributed by atoms with Gasteiger partial charge in [0, 0.05) is 15.6 Å². The van der Waals surface area contributed by atoms with Crippen LogP contribution in [0.5, 0.6) is 0 Å². The van der Waals surface area contributed by atoms with E-state index < -0.39 is 15.9 Å². The highest BCUT2D eigenvalue weighted by molar-refractivity contribution is 9.10. The van der Waals surface area contributed by atoms with E-state index >= 15 is 0 Å². The maximum absolute atomic E-state index is 11.9. The number of carbonyl (C=O) groups excluding carboxylic acids is 1. The molecular weight excluding hydrogens is 320 g/mol. The number of halogens is 1. The molecular formula is C11H11BrN2O3S. The fourth-order valence-electron chi connectivity index (χ4n) is 1.65. The normalized spacial score (nSPS) is 20.8. The van der Waals surface area contributed by atoms with E-state index in [4.69, 9.17) is 5.73 Å². The van der Waals surface area contributed by atoms with Gasteiger partial charge in [-0.1, -0.05) is 15.9 Å². The SMILES string of the molecule is Nc1cc(Br)ccc1C(=O)NC1C=CS(=O)(=O)C1. The Bertz CT molecular complexity index is 625. The second-order valence-electron chi connectivity index (χ2n) is 3.97. The lowest BCUT2D eigenvalue weighted by atomic mass is 10.1. The molecule has 96 valence electrons. The van der Waals surface area contributed by atoms with Gasteiger partial charge in [0.2, 0.25) is 0 Å². The lowest BCUT2D eigenvalue weighted by Crippen LogP contribution is -2.35. The number of nitrogen functional groups attached to an aromatic ring is 1. The van der Waals surface area contributed by atoms with E-state index in [1.807, 2.05) is 0 Å². The monoisotopic (exact) mass is 330 g/mol. The fraction of sp³-hybridized carbons (Fsp3) is 0.182. The van der Waals surface area contributed by atoms with Crippen LogP contribution in [-0.2, 0) is 9.84 Å². The molecule has 3 N–H and O–H groups in total. The third kappa shape index (κ3) is 2.91. The molecule has 1 aliphatic heterocycles. The van der Waals surface area contributed by atoms with Crippen LogP contribution in [0, 0.1) is 0 Å². The summed E-state index contributed by atoms with van der Waals surface area (Å²) < 4.78 is 23.2. The lowest BCUT2D eigenvalue weighted by molar-refractivity contribution is 0.0948. The molecule has 1 aromatic rings. The van der Waals surface area contributed by atoms with Crippen LogP contribution in [-0.4, -0.2) is 26.1 Å². The summed E-state index contributed by atoms with van der Waals surface area (Å²) in [5.74, 6) is -0.485. The summed E-state index contributed by atoms with van der Waals surface area (Å²) in [5, 5.41) is 3.72. The molecule has 1 heterocycles. The van der Waals surface area contributed by atoms with Crippen LogP contribution in [0.15, 0.2) is 34.2 Å². The maximum atomic E-state index is 11.9. The molecule has 2 rings (SSSR count). The van der Waals surface area contributed by atoms with Crippen molar-refractivity contribution in [2.75, 3.05) is 11.5 Å². The van der Waals surface area contributed by atoms with Crippen LogP contribution in [0.1, 0.15) is 10.4 Å². The molecule has 1 aliphatic rings. The first-order valence-corrected chi connectivity index (χ1v) is 7.65. The molecule has 18 heavy (non-hydrogen) atoms. The van der Waals surface area contributed by atoms with Crippen LogP contribution in [0.4, 0.5) is 5.69 Å². The average Bonchev–Trinajstić information content (AvgIpc) is 2.57. The molecule has 1 unspecified atom stereocenters. The van der Waals surface area contributed by atoms with Gasteiger partial charge in [0.25, 0.3) is 5.91 Å². The summed E-state index contributed by atoms with van der Waals surface area (Å²) >= 11 is 3.25. The van der Waals surface area contributed by atoms with E-state index in [0.717, 1.165) is 9.88 Å². The predicted molar refractivity (Wildman–Crippen MR) is 72.7 cm³/mol. The highest BCUT2D eigenvalue weighted by Crippen LogP contribution is 2.19. The number of hydrogen-bond donors (Lipinski definition) is 2. The summed E-state index contributed by atoms with van der Waals surface area (Å²) in [6.45, 7) is 0. The van der Waals surface area contributed by atoms with E-state index in [2.05, 4.69) is 21.2 Å². The van der Waals surface area contributed by atoms with Gasteiger partial charge in [-0.3, -0.25) is 4.79 Å². The van der Waals surface area contributed by atoms with Gasteiger partial charge < -0.3 is 11.1 Å². The quantitative estimate of drug-likeness (QED) is 0.794. The molecule has 0 aliphatic carbocycles. The maximum Gasteiger partial charge on any atom is 0.253 e. The van der Waals surface area contributed by atoms with Crippen molar-refractivity contribution in [1.29, 1.82) is 0 Å². The van der Waals surface area contributed by atoms with Crippen LogP contribution in [0.25, 0.3) is 0 Å². The van der Waals surface area contributed by atoms with Crippen molar-refractivity contribution in [3.8, 4) is 0 Å². The predicted octanol–water partition coefficient (Wildman–Crippen LogP) is 1.07. The first kappa shape index (κ1) is 13.1. The third-order valence-electron chi connectivity index (χ3n) is 2.50. The smallest absolute Gasteiger partial charge is 0.253 e. The average molecular weight is 331 g/mol. The minimum atomic E-state index is -3.17. The minimum absolute atomic E-state index is 0.102. The summed E-state index contributed by atoms with van der Waals surface area (Å²) in [7, 11) is -3.17. The van der Waals surface area contributed by atoms with E-state index in [9.17, 15) is 13.2 Å². The Morgan fingerprint density at radius 1 is 1.44 bits per heavy atom. The molecule has 1 atom stereocenters. The second kappa shape index (κ2) is 4.74. The van der Waals surface area contributed by atoms with Gasteiger partial charge >= 0.3 is 0 Å². The number of nitrogens with two attached hydrogens (primary N) is 1. The van der Waals surface area contributed by atoms with E-state index in [0.29, 0.717) is 11.3 Å². The first-order chi connectivity index (χ1) is 8.37. The van der Waals surface area contributed by atoms with Gasteiger partial charge in [-0.15, -0.1) is 0 Å². The number of sulfone groups is 1. The second-order valence-corrected chi connectivity index (χ2v) is 6.82. The number of rotatable bonds is 2. The Kier molecular flexibility index (Phi) is 3.45. The zero-order valence-corrected chi connectivity index (χ0v) is 11.7. The lowest BCUT2D eigenvalue weighted by Gasteiger charge is -2.11. The van der Waals surface area contributed by atoms with E-state index in [-0.39, 0.29) is 11.7 Å². The molecule has 0 fully saturated rings. The Hall–Kier alpha value is -1.34. The number of hydrogen-bond acceptors (Lipinski definition) is 4. The highest BCUT2D eigenvalue weighted by Gasteiger charge is 2.23. The number of benzene rings is 1. The largest absolute Gasteiger partial charge is 0.398 e. The molecule has 0 bridgehead atoms. The molecule has 7 heteroatoms. The molecule has 1 aromatic carbocycles. The Morgan fingerprint density at radius 2 is 2.17 bits per heavy atom. The highest BCUT2D eigenvalue weighted by atomic mass is 79.9. The van der Waals surface area contributed by atoms with Crippen LogP contribution in [0.3, 0.4) is 0 Å². The van der Waals surface area contributed by atoms with Gasteiger partial charge in [0.05, 0.1) is 17.4 Å². The number of carbonyl (C=O) groups is 1. The van der Waals surface area contributed by atoms with Crippen LogP contribution in [0.2, 0.25) is 0 Å². The van der Waals surface area contributed by atoms with Crippen molar-refractivity contribution >= 4 is 37.4 Å². The Balaban J connectivity index is 2.12. The summed E-state index contributed by atoms with van der Waals surface area (Å²) in [6, 6.07) is 4.41. The molecule has 0 radical (unpaired) electrons. The van der Waals surface area contributed by atoms with Gasteiger partial charge in [-0.25, -0.2) is 8.42 Å². The van der Waals surface area contributed by atoms with Crippen molar-refractivity contribution in [1.82, 2.24) is 5.32 Å². The Morgan fingerprint density at radius 3 is 2.72 bits per heavy atom. The number of amides is 1. The van der Waals surface area contributed by atoms with Crippen LogP contribution < -0.4 is 11.1 Å². The van der Waals surface area contributed by atoms with Gasteiger partial charge in [0.1, 0.15) is 0 Å². The van der Waals surface area contributed by atoms with Crippen molar-refractivity contribution in [3.63, 3.8) is 0 Å². The standard InChI is InChI=1S/C11H11BrN2O3S/c12-7-1-2-9(10(13)5-7)11(15)14-8-3-4-18(16,17)6-8/h1-5,8H,6,13H2,(H,14,15). The zero-order chi connectivity index (χ0) is 13.3. The van der Waals surface area contributed by atoms with Gasteiger partial charge in [0.15, 0.2) is 9.84 Å². The van der Waals surface area contributed by atoms with Crippen molar-refractivity contribution in [2.45, 2.75) is 6.04 Å². The minimum Gasteiger partial charge on any atom is -0.398 e. The molecule has 0 aromatic heterocycles. The summed E-state index contributed by atoms with van der Waals surface area (Å²) in [6.07, 6.45) is 1.46. The third-order valence-corrected chi connectivity index (χ3v) is 4.39. The number of nitrogens with one attached hydrogen (secondary N) is 1. The van der Waals surface area contributed by atoms with Crippen molar-refractivity contribution in [3.05, 3.63) is 39.7 Å². The molecule has 0 spiro atoms. The van der Waals surface area contributed by atoms with E-state index in [1.54, 1.807) is 18.2 Å². The molecule has 1 amide bonds. The zero-order valence-electron chi connectivity index (χ0n) is 9.26. The fourth-order valence-corrected chi connectivity index (χ4v) is 3.27. The first-order valence-electron chi connectivity index (χ1n) is 5.14. The van der Waals surface area contributed by atoms with Crippen molar-refractivity contribution in [2.24, 2.45) is 0 Å². The molecule has 0 saturated heterocycles. The van der Waals surface area contributed by atoms with Crippen molar-refractivity contribution < 1.29 is 13.2 Å². The number of anilines is 1. The summed E-state index contributed by atoms with van der Waals surface area (Å²) in [5.41, 5.74) is 6.39. The molecule has 0 saturated carbocycles. The van der Waals surface area contributed by atoms with E-state index in [1.165, 1.54) is 6.08 Å².